The first-order valence-corrected chi connectivity index (χ1v) is 4.18. The van der Waals surface area contributed by atoms with Crippen molar-refractivity contribution in [2.24, 2.45) is 0 Å². The van der Waals surface area contributed by atoms with Gasteiger partial charge in [-0.2, -0.15) is 0 Å². The summed E-state index contributed by atoms with van der Waals surface area (Å²) in [6.45, 7) is 5.18. The molecule has 72 valence electrons. The maximum Gasteiger partial charge on any atom is 0.123 e. The van der Waals surface area contributed by atoms with Crippen molar-refractivity contribution in [2.75, 3.05) is 0 Å². The fourth-order valence-corrected chi connectivity index (χ4v) is 0.949. The molecular weight excluding hydrogens is 168 g/mol. The largest absolute Gasteiger partial charge is 0.390 e. The van der Waals surface area contributed by atoms with E-state index in [1.165, 1.54) is 13.1 Å². The number of aliphatic hydroxyl groups excluding tert-OH is 2. The van der Waals surface area contributed by atoms with E-state index in [9.17, 15) is 5.11 Å². The van der Waals surface area contributed by atoms with Crippen LogP contribution in [0.2, 0.25) is 0 Å². The smallest absolute Gasteiger partial charge is 0.123 e. The van der Waals surface area contributed by atoms with Gasteiger partial charge in [0.1, 0.15) is 6.10 Å². The highest BCUT2D eigenvalue weighted by atomic mass is 16.3. The first kappa shape index (κ1) is 10.1. The summed E-state index contributed by atoms with van der Waals surface area (Å²) in [6.07, 6.45) is -0.289. The minimum Gasteiger partial charge on any atom is -0.390 e. The molecule has 0 aliphatic heterocycles. The molecule has 0 fully saturated rings. The summed E-state index contributed by atoms with van der Waals surface area (Å²) in [5.41, 5.74) is 2.02. The first-order chi connectivity index (χ1) is 6.02. The Morgan fingerprint density at radius 1 is 1.23 bits per heavy atom. The molecule has 1 rings (SSSR count). The van der Waals surface area contributed by atoms with E-state index in [0.29, 0.717) is 5.69 Å². The minimum absolute atomic E-state index is 0.415. The highest BCUT2D eigenvalue weighted by molar-refractivity contribution is 5.12. The third kappa shape index (κ3) is 2.23. The van der Waals surface area contributed by atoms with Crippen LogP contribution in [-0.2, 0) is 0 Å². The topological polar surface area (TPSA) is 66.2 Å². The second kappa shape index (κ2) is 3.81. The first-order valence-electron chi connectivity index (χ1n) is 4.18. The van der Waals surface area contributed by atoms with Gasteiger partial charge in [0.05, 0.1) is 29.4 Å². The lowest BCUT2D eigenvalue weighted by Crippen LogP contribution is -2.16. The van der Waals surface area contributed by atoms with Crippen molar-refractivity contribution in [3.05, 3.63) is 23.3 Å². The Labute approximate surface area is 77.3 Å². The van der Waals surface area contributed by atoms with Gasteiger partial charge < -0.3 is 10.2 Å². The molecule has 2 atom stereocenters. The molecule has 0 radical (unpaired) electrons. The van der Waals surface area contributed by atoms with Crippen molar-refractivity contribution >= 4 is 0 Å². The number of aliphatic hydroxyl groups is 2. The highest BCUT2D eigenvalue weighted by Crippen LogP contribution is 2.14. The molecule has 0 spiro atoms. The van der Waals surface area contributed by atoms with Gasteiger partial charge in [0.15, 0.2) is 0 Å². The molecule has 0 saturated heterocycles. The molecule has 13 heavy (non-hydrogen) atoms. The molecule has 2 unspecified atom stereocenters. The van der Waals surface area contributed by atoms with Gasteiger partial charge in [0, 0.05) is 0 Å². The molecule has 0 aliphatic carbocycles. The predicted molar refractivity (Wildman–Crippen MR) is 48.1 cm³/mol. The summed E-state index contributed by atoms with van der Waals surface area (Å²) < 4.78 is 0. The second-order valence-corrected chi connectivity index (χ2v) is 3.15. The van der Waals surface area contributed by atoms with Crippen LogP contribution in [0.4, 0.5) is 0 Å². The van der Waals surface area contributed by atoms with Crippen LogP contribution in [0.15, 0.2) is 6.20 Å². The number of rotatable bonds is 2. The van der Waals surface area contributed by atoms with E-state index in [4.69, 9.17) is 5.11 Å². The molecule has 1 aromatic heterocycles. The number of nitrogens with zero attached hydrogens (tertiary/aromatic N) is 2. The number of hydrogen-bond acceptors (Lipinski definition) is 4. The number of hydrogen-bond donors (Lipinski definition) is 2. The molecule has 0 bridgehead atoms. The van der Waals surface area contributed by atoms with Gasteiger partial charge in [-0.05, 0) is 20.8 Å². The Morgan fingerprint density at radius 3 is 2.31 bits per heavy atom. The van der Waals surface area contributed by atoms with Gasteiger partial charge in [-0.15, -0.1) is 0 Å². The standard InChI is InChI=1S/C9H14N2O2/c1-5-6(2)11-8(4-10-5)9(13)7(3)12/h4,7,9,12-13H,1-3H3. The van der Waals surface area contributed by atoms with Gasteiger partial charge >= 0.3 is 0 Å². The quantitative estimate of drug-likeness (QED) is 0.699. The van der Waals surface area contributed by atoms with E-state index >= 15 is 0 Å². The molecule has 4 heteroatoms. The van der Waals surface area contributed by atoms with Crippen molar-refractivity contribution < 1.29 is 10.2 Å². The fraction of sp³-hybridized carbons (Fsp3) is 0.556. The zero-order chi connectivity index (χ0) is 10.0. The summed E-state index contributed by atoms with van der Waals surface area (Å²) in [5.74, 6) is 0. The van der Waals surface area contributed by atoms with Crippen LogP contribution in [0, 0.1) is 13.8 Å². The lowest BCUT2D eigenvalue weighted by molar-refractivity contribution is 0.0275. The fourth-order valence-electron chi connectivity index (χ4n) is 0.949. The average molecular weight is 182 g/mol. The zero-order valence-electron chi connectivity index (χ0n) is 8.02. The van der Waals surface area contributed by atoms with E-state index in [0.717, 1.165) is 11.4 Å². The Bertz CT molecular complexity index is 300. The summed E-state index contributed by atoms with van der Waals surface area (Å²) in [5, 5.41) is 18.6. The Morgan fingerprint density at radius 2 is 1.85 bits per heavy atom. The molecule has 0 aliphatic rings. The van der Waals surface area contributed by atoms with Crippen LogP contribution in [0.25, 0.3) is 0 Å². The summed E-state index contributed by atoms with van der Waals surface area (Å²) in [4.78, 5) is 8.17. The van der Waals surface area contributed by atoms with E-state index in [2.05, 4.69) is 9.97 Å². The molecule has 1 aromatic rings. The molecule has 0 saturated carbocycles. The van der Waals surface area contributed by atoms with Crippen molar-refractivity contribution in [2.45, 2.75) is 33.0 Å². The lowest BCUT2D eigenvalue weighted by Gasteiger charge is -2.13. The average Bonchev–Trinajstić information content (AvgIpc) is 2.08. The van der Waals surface area contributed by atoms with Gasteiger partial charge in [0.2, 0.25) is 0 Å². The van der Waals surface area contributed by atoms with Crippen molar-refractivity contribution in [3.8, 4) is 0 Å². The van der Waals surface area contributed by atoms with E-state index in [-0.39, 0.29) is 0 Å². The SMILES string of the molecule is Cc1ncc(C(O)C(C)O)nc1C. The second-order valence-electron chi connectivity index (χ2n) is 3.15. The van der Waals surface area contributed by atoms with Crippen LogP contribution < -0.4 is 0 Å². The van der Waals surface area contributed by atoms with Crippen LogP contribution >= 0.6 is 0 Å². The highest BCUT2D eigenvalue weighted by Gasteiger charge is 2.15. The lowest BCUT2D eigenvalue weighted by atomic mass is 10.1. The summed E-state index contributed by atoms with van der Waals surface area (Å²) in [7, 11) is 0. The van der Waals surface area contributed by atoms with Crippen molar-refractivity contribution in [1.29, 1.82) is 0 Å². The third-order valence-corrected chi connectivity index (χ3v) is 1.97. The third-order valence-electron chi connectivity index (χ3n) is 1.97. The summed E-state index contributed by atoms with van der Waals surface area (Å²) >= 11 is 0. The Balaban J connectivity index is 2.97. The van der Waals surface area contributed by atoms with Gasteiger partial charge in [-0.3, -0.25) is 9.97 Å². The maximum absolute atomic E-state index is 9.46. The van der Waals surface area contributed by atoms with E-state index < -0.39 is 12.2 Å². The zero-order valence-corrected chi connectivity index (χ0v) is 8.02. The van der Waals surface area contributed by atoms with Gasteiger partial charge in [-0.1, -0.05) is 0 Å². The normalized spacial score (nSPS) is 15.5. The Kier molecular flexibility index (Phi) is 2.95. The monoisotopic (exact) mass is 182 g/mol. The molecular formula is C9H14N2O2. The van der Waals surface area contributed by atoms with Gasteiger partial charge in [-0.25, -0.2) is 0 Å². The maximum atomic E-state index is 9.46. The molecule has 1 heterocycles. The number of aryl methyl sites for hydroxylation is 2. The van der Waals surface area contributed by atoms with Crippen molar-refractivity contribution in [1.82, 2.24) is 9.97 Å². The van der Waals surface area contributed by atoms with Crippen molar-refractivity contribution in [3.63, 3.8) is 0 Å². The number of aromatic nitrogens is 2. The van der Waals surface area contributed by atoms with Gasteiger partial charge in [0.25, 0.3) is 0 Å². The minimum atomic E-state index is -0.952. The summed E-state index contributed by atoms with van der Waals surface area (Å²) in [6, 6.07) is 0. The molecule has 0 amide bonds. The van der Waals surface area contributed by atoms with Crippen LogP contribution in [0.1, 0.15) is 30.1 Å². The van der Waals surface area contributed by atoms with Crippen LogP contribution in [0.3, 0.4) is 0 Å². The van der Waals surface area contributed by atoms with E-state index in [1.54, 1.807) is 0 Å². The molecule has 2 N–H and O–H groups in total. The predicted octanol–water partition coefficient (Wildman–Crippen LogP) is 0.508. The molecule has 0 aromatic carbocycles. The van der Waals surface area contributed by atoms with E-state index in [1.807, 2.05) is 13.8 Å². The van der Waals surface area contributed by atoms with Crippen LogP contribution in [-0.4, -0.2) is 26.3 Å². The molecule has 4 nitrogen and oxygen atoms in total. The Hall–Kier alpha value is -1.00. The van der Waals surface area contributed by atoms with Crippen LogP contribution in [0.5, 0.6) is 0 Å².